The van der Waals surface area contributed by atoms with Crippen molar-refractivity contribution >= 4 is 34.9 Å². The molecule has 1 aromatic heterocycles. The van der Waals surface area contributed by atoms with E-state index in [1.54, 1.807) is 0 Å². The molecule has 0 N–H and O–H groups in total. The fraction of sp³-hybridized carbons (Fsp3) is 0.174. The SMILES string of the molecule is Cc1cc(C(F)(F)F)cc(N2C(=O)c3cc(F)ccc3C2C(=O)N(C)c2cc(Cl)c(F)cc2F)n1. The van der Waals surface area contributed by atoms with Crippen molar-refractivity contribution in [2.75, 3.05) is 16.8 Å². The van der Waals surface area contributed by atoms with E-state index < -0.39 is 63.6 Å². The number of alkyl halides is 3. The topological polar surface area (TPSA) is 53.5 Å². The van der Waals surface area contributed by atoms with Gasteiger partial charge in [0.15, 0.2) is 0 Å². The molecule has 2 amide bonds. The zero-order valence-corrected chi connectivity index (χ0v) is 18.7. The van der Waals surface area contributed by atoms with Crippen molar-refractivity contribution in [3.05, 3.63) is 87.3 Å². The molecule has 182 valence electrons. The number of likely N-dealkylation sites (N-methyl/N-ethyl adjacent to an activating group) is 1. The van der Waals surface area contributed by atoms with E-state index in [-0.39, 0.29) is 16.8 Å². The van der Waals surface area contributed by atoms with E-state index in [9.17, 15) is 35.9 Å². The van der Waals surface area contributed by atoms with E-state index in [1.807, 2.05) is 0 Å². The molecular formula is C23H14ClF6N3O2. The van der Waals surface area contributed by atoms with E-state index in [1.165, 1.54) is 6.92 Å². The molecule has 1 atom stereocenters. The van der Waals surface area contributed by atoms with E-state index in [0.29, 0.717) is 17.0 Å². The van der Waals surface area contributed by atoms with E-state index in [0.717, 1.165) is 42.3 Å². The van der Waals surface area contributed by atoms with Gasteiger partial charge in [0, 0.05) is 24.4 Å². The molecule has 2 heterocycles. The standard InChI is InChI=1S/C23H14ClF6N3O2/c1-10-5-11(23(28,29)30)6-19(31-10)33-20(13-4-3-12(25)7-14(13)21(33)34)22(35)32(2)18-8-15(24)16(26)9-17(18)27/h3-9,20H,1-2H3. The zero-order chi connectivity index (χ0) is 25.8. The summed E-state index contributed by atoms with van der Waals surface area (Å²) in [5.74, 6) is -5.51. The Morgan fingerprint density at radius 1 is 1.06 bits per heavy atom. The molecule has 1 aliphatic rings. The zero-order valence-electron chi connectivity index (χ0n) is 17.9. The van der Waals surface area contributed by atoms with Crippen LogP contribution in [-0.4, -0.2) is 23.8 Å². The van der Waals surface area contributed by atoms with E-state index >= 15 is 0 Å². The highest BCUT2D eigenvalue weighted by Gasteiger charge is 2.45. The summed E-state index contributed by atoms with van der Waals surface area (Å²) in [5, 5.41) is -0.488. The first kappa shape index (κ1) is 24.5. The van der Waals surface area contributed by atoms with Crippen molar-refractivity contribution in [3.63, 3.8) is 0 Å². The second kappa shape index (κ2) is 8.56. The largest absolute Gasteiger partial charge is 0.416 e. The van der Waals surface area contributed by atoms with Crippen LogP contribution in [0.4, 0.5) is 37.8 Å². The third-order valence-corrected chi connectivity index (χ3v) is 5.74. The molecule has 1 unspecified atom stereocenters. The molecule has 4 rings (SSSR count). The maximum atomic E-state index is 14.5. The average Bonchev–Trinajstić information content (AvgIpc) is 3.06. The molecule has 2 aromatic carbocycles. The minimum atomic E-state index is -4.78. The third kappa shape index (κ3) is 4.31. The third-order valence-electron chi connectivity index (χ3n) is 5.45. The monoisotopic (exact) mass is 513 g/mol. The van der Waals surface area contributed by atoms with Gasteiger partial charge in [0.05, 0.1) is 16.3 Å². The Bertz CT molecular complexity index is 1380. The molecule has 0 saturated heterocycles. The van der Waals surface area contributed by atoms with Crippen LogP contribution in [0, 0.1) is 24.4 Å². The van der Waals surface area contributed by atoms with Gasteiger partial charge in [-0.25, -0.2) is 18.2 Å². The Morgan fingerprint density at radius 2 is 1.74 bits per heavy atom. The molecule has 1 aliphatic heterocycles. The summed E-state index contributed by atoms with van der Waals surface area (Å²) in [6.07, 6.45) is -4.78. The van der Waals surface area contributed by atoms with Crippen LogP contribution in [0.1, 0.15) is 33.2 Å². The van der Waals surface area contributed by atoms with Gasteiger partial charge in [-0.2, -0.15) is 13.2 Å². The lowest BCUT2D eigenvalue weighted by atomic mass is 10.0. The number of nitrogens with zero attached hydrogens (tertiary/aromatic N) is 3. The summed E-state index contributed by atoms with van der Waals surface area (Å²) in [4.78, 5) is 32.1. The number of carbonyl (C=O) groups is 2. The number of amides is 2. The molecule has 3 aromatic rings. The van der Waals surface area contributed by atoms with E-state index in [2.05, 4.69) is 4.98 Å². The van der Waals surface area contributed by atoms with Crippen molar-refractivity contribution in [2.24, 2.45) is 0 Å². The van der Waals surface area contributed by atoms with Gasteiger partial charge in [0.25, 0.3) is 11.8 Å². The van der Waals surface area contributed by atoms with Crippen molar-refractivity contribution in [3.8, 4) is 0 Å². The lowest BCUT2D eigenvalue weighted by Crippen LogP contribution is -2.41. The number of fused-ring (bicyclic) bond motifs is 1. The number of rotatable bonds is 3. The Kier molecular flexibility index (Phi) is 6.00. The number of hydrogen-bond donors (Lipinski definition) is 0. The number of pyridine rings is 1. The molecule has 12 heteroatoms. The molecule has 0 spiro atoms. The first-order valence-electron chi connectivity index (χ1n) is 9.90. The van der Waals surface area contributed by atoms with Crippen LogP contribution in [0.25, 0.3) is 0 Å². The van der Waals surface area contributed by atoms with Crippen molar-refractivity contribution in [1.82, 2.24) is 4.98 Å². The predicted octanol–water partition coefficient (Wildman–Crippen LogP) is 5.84. The van der Waals surface area contributed by atoms with Crippen molar-refractivity contribution in [1.29, 1.82) is 0 Å². The highest BCUT2D eigenvalue weighted by molar-refractivity contribution is 6.31. The summed E-state index contributed by atoms with van der Waals surface area (Å²) in [7, 11) is 1.12. The van der Waals surface area contributed by atoms with Crippen LogP contribution in [0.5, 0.6) is 0 Å². The molecule has 0 saturated carbocycles. The number of aromatic nitrogens is 1. The highest BCUT2D eigenvalue weighted by atomic mass is 35.5. The minimum Gasteiger partial charge on any atom is -0.311 e. The molecular weight excluding hydrogens is 500 g/mol. The first-order chi connectivity index (χ1) is 16.3. The number of benzene rings is 2. The predicted molar refractivity (Wildman–Crippen MR) is 115 cm³/mol. The Morgan fingerprint density at radius 3 is 2.40 bits per heavy atom. The number of hydrogen-bond acceptors (Lipinski definition) is 3. The van der Waals surface area contributed by atoms with Gasteiger partial charge in [0.2, 0.25) is 0 Å². The molecule has 0 radical (unpaired) electrons. The Hall–Kier alpha value is -3.60. The second-order valence-corrected chi connectivity index (χ2v) is 8.18. The van der Waals surface area contributed by atoms with Gasteiger partial charge in [-0.1, -0.05) is 17.7 Å². The van der Waals surface area contributed by atoms with Gasteiger partial charge in [-0.05, 0) is 42.8 Å². The fourth-order valence-electron chi connectivity index (χ4n) is 3.83. The summed E-state index contributed by atoms with van der Waals surface area (Å²) >= 11 is 5.72. The number of aryl methyl sites for hydroxylation is 1. The van der Waals surface area contributed by atoms with Gasteiger partial charge in [0.1, 0.15) is 29.3 Å². The quantitative estimate of drug-likeness (QED) is 0.326. The number of carbonyl (C=O) groups excluding carboxylic acids is 2. The normalized spacial score (nSPS) is 15.4. The molecule has 0 bridgehead atoms. The summed E-state index contributed by atoms with van der Waals surface area (Å²) in [6, 6.07) is 3.97. The highest BCUT2D eigenvalue weighted by Crippen LogP contribution is 2.41. The van der Waals surface area contributed by atoms with Gasteiger partial charge < -0.3 is 4.90 Å². The van der Waals surface area contributed by atoms with Crippen molar-refractivity contribution < 1.29 is 35.9 Å². The van der Waals surface area contributed by atoms with Gasteiger partial charge >= 0.3 is 6.18 Å². The van der Waals surface area contributed by atoms with Crippen LogP contribution in [0.2, 0.25) is 5.02 Å². The Balaban J connectivity index is 1.88. The lowest BCUT2D eigenvalue weighted by molar-refractivity contribution is -0.137. The summed E-state index contributed by atoms with van der Waals surface area (Å²) < 4.78 is 82.2. The summed E-state index contributed by atoms with van der Waals surface area (Å²) in [5.41, 5.74) is -1.96. The maximum Gasteiger partial charge on any atom is 0.416 e. The van der Waals surface area contributed by atoms with Crippen LogP contribution >= 0.6 is 11.6 Å². The van der Waals surface area contributed by atoms with Crippen LogP contribution in [-0.2, 0) is 11.0 Å². The fourth-order valence-corrected chi connectivity index (χ4v) is 3.99. The molecule has 0 fully saturated rings. The smallest absolute Gasteiger partial charge is 0.311 e. The van der Waals surface area contributed by atoms with Gasteiger partial charge in [-0.3, -0.25) is 14.5 Å². The number of halogens is 7. The average molecular weight is 514 g/mol. The van der Waals surface area contributed by atoms with Crippen LogP contribution < -0.4 is 9.80 Å². The Labute approximate surface area is 199 Å². The van der Waals surface area contributed by atoms with Crippen LogP contribution in [0.3, 0.4) is 0 Å². The second-order valence-electron chi connectivity index (χ2n) is 7.78. The maximum absolute atomic E-state index is 14.5. The van der Waals surface area contributed by atoms with Gasteiger partial charge in [-0.15, -0.1) is 0 Å². The lowest BCUT2D eigenvalue weighted by Gasteiger charge is -2.29. The molecule has 0 aliphatic carbocycles. The first-order valence-corrected chi connectivity index (χ1v) is 10.3. The molecule has 5 nitrogen and oxygen atoms in total. The van der Waals surface area contributed by atoms with Crippen molar-refractivity contribution in [2.45, 2.75) is 19.1 Å². The van der Waals surface area contributed by atoms with E-state index in [4.69, 9.17) is 11.6 Å². The number of anilines is 2. The molecule has 35 heavy (non-hydrogen) atoms. The summed E-state index contributed by atoms with van der Waals surface area (Å²) in [6.45, 7) is 1.27. The van der Waals surface area contributed by atoms with Crippen LogP contribution in [0.15, 0.2) is 42.5 Å². The minimum absolute atomic E-state index is 0.0290.